The molecule has 2 aromatic rings. The van der Waals surface area contributed by atoms with Gasteiger partial charge in [-0.1, -0.05) is 11.6 Å². The van der Waals surface area contributed by atoms with Crippen LogP contribution in [0.5, 0.6) is 5.75 Å². The lowest BCUT2D eigenvalue weighted by Crippen LogP contribution is -2.30. The van der Waals surface area contributed by atoms with Gasteiger partial charge in [0.25, 0.3) is 5.91 Å². The lowest BCUT2D eigenvalue weighted by Gasteiger charge is -2.12. The zero-order chi connectivity index (χ0) is 19.6. The number of carbonyl (C=O) groups excluding carboxylic acids is 1. The fourth-order valence-corrected chi connectivity index (χ4v) is 2.69. The Kier molecular flexibility index (Phi) is 5.32. The summed E-state index contributed by atoms with van der Waals surface area (Å²) in [6.45, 7) is 4.09. The summed E-state index contributed by atoms with van der Waals surface area (Å²) < 4.78 is 13.6. The van der Waals surface area contributed by atoms with E-state index in [2.05, 4.69) is 15.0 Å². The van der Waals surface area contributed by atoms with Crippen molar-refractivity contribution < 1.29 is 14.3 Å². The topological polar surface area (TPSA) is 78.7 Å². The molecule has 1 aromatic carbocycles. The van der Waals surface area contributed by atoms with Crippen molar-refractivity contribution in [1.82, 2.24) is 14.9 Å². The predicted molar refractivity (Wildman–Crippen MR) is 102 cm³/mol. The summed E-state index contributed by atoms with van der Waals surface area (Å²) in [6, 6.07) is 2.45. The second-order valence-electron chi connectivity index (χ2n) is 5.80. The molecule has 1 aliphatic rings. The standard InChI is InChI=1S/C19H16ClFN4O2/c1-3-25-17(5-4-13-10-22-11(2)9-23-13)24-16(19(25)27)8-12-6-14(20)18(26)15(21)7-12/h4-10,26H,3H2,1-2H3/b5-4+,16-8-. The van der Waals surface area contributed by atoms with Crippen LogP contribution in [-0.4, -0.2) is 38.3 Å². The monoisotopic (exact) mass is 386 g/mol. The number of phenols is 1. The minimum Gasteiger partial charge on any atom is -0.504 e. The van der Waals surface area contributed by atoms with Crippen molar-refractivity contribution in [2.45, 2.75) is 13.8 Å². The molecule has 8 heteroatoms. The van der Waals surface area contributed by atoms with Crippen LogP contribution in [0.4, 0.5) is 4.39 Å². The van der Waals surface area contributed by atoms with Gasteiger partial charge in [-0.05, 0) is 49.8 Å². The Morgan fingerprint density at radius 1 is 1.26 bits per heavy atom. The quantitative estimate of drug-likeness (QED) is 0.814. The van der Waals surface area contributed by atoms with Gasteiger partial charge in [-0.15, -0.1) is 0 Å². The zero-order valence-corrected chi connectivity index (χ0v) is 15.4. The number of rotatable bonds is 4. The third-order valence-electron chi connectivity index (χ3n) is 3.84. The number of phenolic OH excluding ortho intramolecular Hbond substituents is 1. The molecule has 1 aromatic heterocycles. The number of amidine groups is 1. The fourth-order valence-electron chi connectivity index (χ4n) is 2.48. The van der Waals surface area contributed by atoms with Crippen molar-refractivity contribution in [2.75, 3.05) is 6.54 Å². The summed E-state index contributed by atoms with van der Waals surface area (Å²) in [5, 5.41) is 9.27. The summed E-state index contributed by atoms with van der Waals surface area (Å²) in [7, 11) is 0. The lowest BCUT2D eigenvalue weighted by molar-refractivity contribution is -0.122. The van der Waals surface area contributed by atoms with Crippen molar-refractivity contribution >= 4 is 35.5 Å². The van der Waals surface area contributed by atoms with E-state index < -0.39 is 11.6 Å². The molecule has 0 fully saturated rings. The summed E-state index contributed by atoms with van der Waals surface area (Å²) in [5.74, 6) is -1.36. The second-order valence-corrected chi connectivity index (χ2v) is 6.21. The smallest absolute Gasteiger partial charge is 0.278 e. The van der Waals surface area contributed by atoms with E-state index in [0.717, 1.165) is 11.8 Å². The van der Waals surface area contributed by atoms with Gasteiger partial charge in [-0.2, -0.15) is 0 Å². The molecule has 1 N–H and O–H groups in total. The Morgan fingerprint density at radius 2 is 2.04 bits per heavy atom. The number of hydrogen-bond acceptors (Lipinski definition) is 5. The Hall–Kier alpha value is -3.06. The molecule has 0 spiro atoms. The molecule has 0 saturated heterocycles. The second kappa shape index (κ2) is 7.67. The molecule has 27 heavy (non-hydrogen) atoms. The Labute approximate surface area is 160 Å². The highest BCUT2D eigenvalue weighted by molar-refractivity contribution is 6.32. The first-order valence-corrected chi connectivity index (χ1v) is 8.54. The number of likely N-dealkylation sites (N-methyl/N-ethyl adjacent to an activating group) is 1. The summed E-state index contributed by atoms with van der Waals surface area (Å²) in [5.41, 5.74) is 1.91. The number of aromatic nitrogens is 2. The summed E-state index contributed by atoms with van der Waals surface area (Å²) in [4.78, 5) is 26.7. The van der Waals surface area contributed by atoms with Crippen LogP contribution in [0.1, 0.15) is 23.9 Å². The van der Waals surface area contributed by atoms with Gasteiger partial charge in [-0.3, -0.25) is 19.7 Å². The first kappa shape index (κ1) is 18.7. The van der Waals surface area contributed by atoms with Crippen LogP contribution in [-0.2, 0) is 4.79 Å². The van der Waals surface area contributed by atoms with Gasteiger partial charge < -0.3 is 5.11 Å². The van der Waals surface area contributed by atoms with E-state index in [1.54, 1.807) is 24.5 Å². The van der Waals surface area contributed by atoms with Crippen molar-refractivity contribution in [1.29, 1.82) is 0 Å². The maximum Gasteiger partial charge on any atom is 0.278 e. The number of halogens is 2. The van der Waals surface area contributed by atoms with E-state index in [4.69, 9.17) is 11.6 Å². The number of aryl methyl sites for hydroxylation is 1. The van der Waals surface area contributed by atoms with Gasteiger partial charge in [-0.25, -0.2) is 9.38 Å². The number of hydrogen-bond donors (Lipinski definition) is 1. The molecule has 1 aliphatic heterocycles. The van der Waals surface area contributed by atoms with E-state index in [1.807, 2.05) is 13.8 Å². The van der Waals surface area contributed by atoms with Crippen molar-refractivity contribution in [3.63, 3.8) is 0 Å². The molecule has 0 saturated carbocycles. The van der Waals surface area contributed by atoms with Crippen LogP contribution in [0.3, 0.4) is 0 Å². The highest BCUT2D eigenvalue weighted by atomic mass is 35.5. The van der Waals surface area contributed by atoms with Crippen molar-refractivity contribution in [3.8, 4) is 5.75 Å². The van der Waals surface area contributed by atoms with Crippen molar-refractivity contribution in [3.05, 3.63) is 64.1 Å². The predicted octanol–water partition coefficient (Wildman–Crippen LogP) is 3.60. The molecule has 0 aliphatic carbocycles. The number of nitrogens with zero attached hydrogens (tertiary/aromatic N) is 4. The van der Waals surface area contributed by atoms with E-state index >= 15 is 0 Å². The van der Waals surface area contributed by atoms with E-state index in [0.29, 0.717) is 23.6 Å². The number of aromatic hydroxyl groups is 1. The highest BCUT2D eigenvalue weighted by Crippen LogP contribution is 2.29. The number of carbonyl (C=O) groups is 1. The van der Waals surface area contributed by atoms with Crippen LogP contribution in [0, 0.1) is 12.7 Å². The number of amides is 1. The lowest BCUT2D eigenvalue weighted by atomic mass is 10.1. The molecule has 138 valence electrons. The van der Waals surface area contributed by atoms with Gasteiger partial charge in [0.1, 0.15) is 11.5 Å². The van der Waals surface area contributed by atoms with Gasteiger partial charge in [0.2, 0.25) is 0 Å². The number of aliphatic imine (C=N–C) groups is 1. The summed E-state index contributed by atoms with van der Waals surface area (Å²) in [6.07, 6.45) is 8.07. The fraction of sp³-hybridized carbons (Fsp3) is 0.158. The SMILES string of the molecule is CCN1C(=O)/C(=C/c2cc(F)c(O)c(Cl)c2)N=C1/C=C/c1cnc(C)cn1. The maximum absolute atomic E-state index is 13.6. The Balaban J connectivity index is 1.92. The van der Waals surface area contributed by atoms with E-state index in [9.17, 15) is 14.3 Å². The Bertz CT molecular complexity index is 961. The third-order valence-corrected chi connectivity index (χ3v) is 4.13. The Morgan fingerprint density at radius 3 is 2.67 bits per heavy atom. The third kappa shape index (κ3) is 4.03. The first-order valence-electron chi connectivity index (χ1n) is 8.16. The minimum absolute atomic E-state index is 0.137. The molecule has 0 radical (unpaired) electrons. The summed E-state index contributed by atoms with van der Waals surface area (Å²) >= 11 is 5.78. The molecule has 1 amide bonds. The van der Waals surface area contributed by atoms with Crippen LogP contribution >= 0.6 is 11.6 Å². The van der Waals surface area contributed by atoms with Gasteiger partial charge in [0.15, 0.2) is 11.6 Å². The zero-order valence-electron chi connectivity index (χ0n) is 14.6. The van der Waals surface area contributed by atoms with Gasteiger partial charge >= 0.3 is 0 Å². The average Bonchev–Trinajstić information content (AvgIpc) is 2.94. The molecule has 0 unspecified atom stereocenters. The maximum atomic E-state index is 13.6. The van der Waals surface area contributed by atoms with Gasteiger partial charge in [0.05, 0.1) is 22.6 Å². The number of benzene rings is 1. The van der Waals surface area contributed by atoms with Crippen molar-refractivity contribution in [2.24, 2.45) is 4.99 Å². The van der Waals surface area contributed by atoms with E-state index in [1.165, 1.54) is 17.0 Å². The molecule has 2 heterocycles. The average molecular weight is 387 g/mol. The molecule has 6 nitrogen and oxygen atoms in total. The van der Waals surface area contributed by atoms with Crippen LogP contribution in [0.25, 0.3) is 12.2 Å². The highest BCUT2D eigenvalue weighted by Gasteiger charge is 2.27. The van der Waals surface area contributed by atoms with Crippen LogP contribution < -0.4 is 0 Å². The molecule has 0 atom stereocenters. The molecular formula is C19H16ClFN4O2. The van der Waals surface area contributed by atoms with Crippen LogP contribution in [0.2, 0.25) is 5.02 Å². The largest absolute Gasteiger partial charge is 0.504 e. The molecule has 0 bridgehead atoms. The first-order chi connectivity index (χ1) is 12.9. The normalized spacial score (nSPS) is 15.9. The van der Waals surface area contributed by atoms with Crippen LogP contribution in [0.15, 0.2) is 41.3 Å². The van der Waals surface area contributed by atoms with E-state index in [-0.39, 0.29) is 16.6 Å². The van der Waals surface area contributed by atoms with Gasteiger partial charge in [0, 0.05) is 12.7 Å². The molecular weight excluding hydrogens is 371 g/mol. The molecule has 3 rings (SSSR count). The minimum atomic E-state index is -0.866.